The van der Waals surface area contributed by atoms with Crippen molar-refractivity contribution in [2.75, 3.05) is 33.7 Å². The number of nitrogens with one attached hydrogen (secondary N) is 2. The Balaban J connectivity index is 1.99. The van der Waals surface area contributed by atoms with Gasteiger partial charge in [-0.05, 0) is 42.5 Å². The van der Waals surface area contributed by atoms with Crippen molar-refractivity contribution < 1.29 is 0 Å². The lowest BCUT2D eigenvalue weighted by atomic mass is 10.0. The summed E-state index contributed by atoms with van der Waals surface area (Å²) < 4.78 is 1.19. The highest BCUT2D eigenvalue weighted by molar-refractivity contribution is 9.10. The molecule has 5 heteroatoms. The first-order chi connectivity index (χ1) is 8.20. The number of likely N-dealkylation sites (N-methyl/N-ethyl adjacent to an activating group) is 1. The van der Waals surface area contributed by atoms with E-state index in [1.807, 2.05) is 11.3 Å². The van der Waals surface area contributed by atoms with Crippen molar-refractivity contribution in [3.05, 3.63) is 20.8 Å². The lowest BCUT2D eigenvalue weighted by Crippen LogP contribution is -2.50. The van der Waals surface area contributed by atoms with Crippen molar-refractivity contribution in [2.24, 2.45) is 0 Å². The van der Waals surface area contributed by atoms with Crippen LogP contribution in [-0.4, -0.2) is 44.7 Å². The Morgan fingerprint density at radius 1 is 1.71 bits per heavy atom. The zero-order valence-corrected chi connectivity index (χ0v) is 12.8. The zero-order valence-electron chi connectivity index (χ0n) is 10.4. The van der Waals surface area contributed by atoms with Crippen LogP contribution in [0, 0.1) is 0 Å². The third-order valence-electron chi connectivity index (χ3n) is 3.43. The molecule has 2 N–H and O–H groups in total. The number of thiophene rings is 1. The fourth-order valence-corrected chi connectivity index (χ4v) is 3.85. The molecule has 0 aliphatic carbocycles. The van der Waals surface area contributed by atoms with E-state index in [0.717, 1.165) is 26.1 Å². The molecule has 2 rings (SSSR count). The fourth-order valence-electron chi connectivity index (χ4n) is 2.29. The first-order valence-corrected chi connectivity index (χ1v) is 7.70. The topological polar surface area (TPSA) is 27.3 Å². The molecule has 1 fully saturated rings. The molecule has 1 aliphatic heterocycles. The smallest absolute Gasteiger partial charge is 0.0428 e. The maximum Gasteiger partial charge on any atom is 0.0428 e. The normalized spacial score (nSPS) is 23.8. The molecule has 0 amide bonds. The van der Waals surface area contributed by atoms with Gasteiger partial charge in [0.25, 0.3) is 0 Å². The summed E-state index contributed by atoms with van der Waals surface area (Å²) in [6.07, 6.45) is 1.16. The molecule has 2 heterocycles. The Morgan fingerprint density at radius 3 is 3.12 bits per heavy atom. The Kier molecular flexibility index (Phi) is 4.99. The van der Waals surface area contributed by atoms with Crippen LogP contribution in [-0.2, 0) is 0 Å². The van der Waals surface area contributed by atoms with Crippen molar-refractivity contribution in [1.82, 2.24) is 15.5 Å². The maximum absolute atomic E-state index is 3.53. The lowest BCUT2D eigenvalue weighted by molar-refractivity contribution is 0.178. The Bertz CT molecular complexity index is 355. The van der Waals surface area contributed by atoms with Crippen LogP contribution in [0.5, 0.6) is 0 Å². The largest absolute Gasteiger partial charge is 0.314 e. The first kappa shape index (κ1) is 13.5. The summed E-state index contributed by atoms with van der Waals surface area (Å²) in [6, 6.07) is 3.31. The predicted octanol–water partition coefficient (Wildman–Crippen LogP) is 2.06. The van der Waals surface area contributed by atoms with Gasteiger partial charge in [-0.15, -0.1) is 11.3 Å². The van der Waals surface area contributed by atoms with Crippen LogP contribution in [0.4, 0.5) is 0 Å². The molecule has 0 saturated carbocycles. The molecule has 0 radical (unpaired) electrons. The molecule has 1 saturated heterocycles. The minimum Gasteiger partial charge on any atom is -0.314 e. The van der Waals surface area contributed by atoms with Gasteiger partial charge >= 0.3 is 0 Å². The third-order valence-corrected chi connectivity index (χ3v) is 5.24. The molecule has 3 nitrogen and oxygen atoms in total. The zero-order chi connectivity index (χ0) is 12.3. The Hall–Kier alpha value is 0.0600. The van der Waals surface area contributed by atoms with E-state index in [1.165, 1.54) is 9.35 Å². The van der Waals surface area contributed by atoms with Gasteiger partial charge in [-0.25, -0.2) is 0 Å². The van der Waals surface area contributed by atoms with Crippen molar-refractivity contribution in [3.8, 4) is 0 Å². The Morgan fingerprint density at radius 2 is 2.53 bits per heavy atom. The summed E-state index contributed by atoms with van der Waals surface area (Å²) in [7, 11) is 4.27. The molecular weight excluding hydrogens is 298 g/mol. The van der Waals surface area contributed by atoms with Gasteiger partial charge in [0.15, 0.2) is 0 Å². The van der Waals surface area contributed by atoms with E-state index in [4.69, 9.17) is 0 Å². The predicted molar refractivity (Wildman–Crippen MR) is 77.7 cm³/mol. The molecule has 2 atom stereocenters. The molecule has 17 heavy (non-hydrogen) atoms. The third kappa shape index (κ3) is 3.51. The number of halogens is 1. The van der Waals surface area contributed by atoms with E-state index in [1.54, 1.807) is 0 Å². The molecule has 0 aromatic carbocycles. The standard InChI is InChI=1S/C12H20BrN3S/c1-14-11(12-5-9(13)8-17-12)6-10-7-15-3-4-16(10)2/h5,8,10-11,14-15H,3-4,6-7H2,1-2H3. The van der Waals surface area contributed by atoms with Gasteiger partial charge in [-0.3, -0.25) is 0 Å². The van der Waals surface area contributed by atoms with Crippen LogP contribution in [0.3, 0.4) is 0 Å². The van der Waals surface area contributed by atoms with Crippen LogP contribution in [0.15, 0.2) is 15.9 Å². The van der Waals surface area contributed by atoms with Crippen LogP contribution in [0.2, 0.25) is 0 Å². The van der Waals surface area contributed by atoms with Crippen LogP contribution in [0.25, 0.3) is 0 Å². The van der Waals surface area contributed by atoms with Crippen LogP contribution >= 0.6 is 27.3 Å². The summed E-state index contributed by atoms with van der Waals surface area (Å²) in [6.45, 7) is 3.36. The highest BCUT2D eigenvalue weighted by Crippen LogP contribution is 2.29. The van der Waals surface area contributed by atoms with E-state index < -0.39 is 0 Å². The van der Waals surface area contributed by atoms with Gasteiger partial charge in [-0.2, -0.15) is 0 Å². The molecular formula is C12H20BrN3S. The summed E-state index contributed by atoms with van der Waals surface area (Å²) in [5, 5.41) is 9.07. The molecule has 0 bridgehead atoms. The molecule has 1 aliphatic rings. The molecule has 1 aromatic heterocycles. The molecule has 1 aromatic rings. The van der Waals surface area contributed by atoms with Crippen molar-refractivity contribution in [1.29, 1.82) is 0 Å². The average Bonchev–Trinajstić information content (AvgIpc) is 2.75. The minimum absolute atomic E-state index is 0.457. The SMILES string of the molecule is CNC(CC1CNCCN1C)c1cc(Br)cs1. The molecule has 96 valence electrons. The summed E-state index contributed by atoms with van der Waals surface area (Å²) in [5.74, 6) is 0. The highest BCUT2D eigenvalue weighted by Gasteiger charge is 2.23. The van der Waals surface area contributed by atoms with Gasteiger partial charge < -0.3 is 15.5 Å². The number of piperazine rings is 1. The highest BCUT2D eigenvalue weighted by atomic mass is 79.9. The summed E-state index contributed by atoms with van der Waals surface area (Å²) in [5.41, 5.74) is 0. The second kappa shape index (κ2) is 6.29. The van der Waals surface area contributed by atoms with Gasteiger partial charge in [0, 0.05) is 46.4 Å². The van der Waals surface area contributed by atoms with E-state index in [9.17, 15) is 0 Å². The second-order valence-electron chi connectivity index (χ2n) is 4.58. The van der Waals surface area contributed by atoms with Crippen LogP contribution in [0.1, 0.15) is 17.3 Å². The maximum atomic E-state index is 3.53. The minimum atomic E-state index is 0.457. The Labute approximate surface area is 116 Å². The van der Waals surface area contributed by atoms with E-state index in [2.05, 4.69) is 57.0 Å². The van der Waals surface area contributed by atoms with Gasteiger partial charge in [0.05, 0.1) is 0 Å². The first-order valence-electron chi connectivity index (χ1n) is 6.03. The van der Waals surface area contributed by atoms with Gasteiger partial charge in [0.2, 0.25) is 0 Å². The van der Waals surface area contributed by atoms with Crippen molar-refractivity contribution >= 4 is 27.3 Å². The quantitative estimate of drug-likeness (QED) is 0.890. The molecule has 0 spiro atoms. The van der Waals surface area contributed by atoms with Crippen molar-refractivity contribution in [3.63, 3.8) is 0 Å². The fraction of sp³-hybridized carbons (Fsp3) is 0.667. The van der Waals surface area contributed by atoms with Gasteiger partial charge in [-0.1, -0.05) is 0 Å². The van der Waals surface area contributed by atoms with E-state index in [0.29, 0.717) is 12.1 Å². The van der Waals surface area contributed by atoms with Gasteiger partial charge in [0.1, 0.15) is 0 Å². The van der Waals surface area contributed by atoms with Crippen molar-refractivity contribution in [2.45, 2.75) is 18.5 Å². The summed E-state index contributed by atoms with van der Waals surface area (Å²) in [4.78, 5) is 3.88. The van der Waals surface area contributed by atoms with E-state index in [-0.39, 0.29) is 0 Å². The number of rotatable bonds is 4. The van der Waals surface area contributed by atoms with E-state index >= 15 is 0 Å². The van der Waals surface area contributed by atoms with Crippen LogP contribution < -0.4 is 10.6 Å². The second-order valence-corrected chi connectivity index (χ2v) is 6.44. The number of nitrogens with zero attached hydrogens (tertiary/aromatic N) is 1. The lowest BCUT2D eigenvalue weighted by Gasteiger charge is -2.35. The monoisotopic (exact) mass is 317 g/mol. The summed E-state index contributed by atoms with van der Waals surface area (Å²) >= 11 is 5.35. The number of hydrogen-bond donors (Lipinski definition) is 2. The number of hydrogen-bond acceptors (Lipinski definition) is 4. The average molecular weight is 318 g/mol. The molecule has 2 unspecified atom stereocenters.